The number of nitrogens with zero attached hydrogens (tertiary/aromatic N) is 5. The lowest BCUT2D eigenvalue weighted by Crippen LogP contribution is -2.45. The van der Waals surface area contributed by atoms with Gasteiger partial charge in [-0.1, -0.05) is 11.6 Å². The Bertz CT molecular complexity index is 1140. The Morgan fingerprint density at radius 3 is 2.66 bits per heavy atom. The monoisotopic (exact) mass is 478 g/mol. The number of nitrogens with one attached hydrogen (secondary N) is 1. The lowest BCUT2D eigenvalue weighted by atomic mass is 9.95. The summed E-state index contributed by atoms with van der Waals surface area (Å²) in [5, 5.41) is 8.27. The second-order valence-electron chi connectivity index (χ2n) is 9.57. The van der Waals surface area contributed by atoms with Crippen LogP contribution in [0, 0.1) is 5.92 Å². The summed E-state index contributed by atoms with van der Waals surface area (Å²) in [6.07, 6.45) is 6.94. The molecule has 2 aliphatic rings. The van der Waals surface area contributed by atoms with Crippen LogP contribution < -0.4 is 15.0 Å². The minimum Gasteiger partial charge on any atom is -0.497 e. The number of anilines is 1. The van der Waals surface area contributed by atoms with Crippen molar-refractivity contribution in [1.82, 2.24) is 25.3 Å². The Kier molecular flexibility index (Phi) is 7.13. The molecule has 1 amide bonds. The van der Waals surface area contributed by atoms with Gasteiger partial charge in [-0.05, 0) is 63.4 Å². The van der Waals surface area contributed by atoms with Gasteiger partial charge >= 0.3 is 0 Å². The van der Waals surface area contributed by atoms with E-state index in [0.29, 0.717) is 17.4 Å². The van der Waals surface area contributed by atoms with E-state index in [4.69, 9.17) is 9.26 Å². The number of hydrogen-bond donors (Lipinski definition) is 1. The molecule has 2 saturated heterocycles. The Morgan fingerprint density at radius 1 is 1.11 bits per heavy atom. The molecule has 0 radical (unpaired) electrons. The van der Waals surface area contributed by atoms with Crippen LogP contribution in [0.2, 0.25) is 0 Å². The maximum atomic E-state index is 12.8. The molecule has 1 aromatic carbocycles. The van der Waals surface area contributed by atoms with E-state index >= 15 is 0 Å². The number of piperidine rings is 2. The fraction of sp³-hybridized carbons (Fsp3) is 0.538. The van der Waals surface area contributed by atoms with E-state index in [2.05, 4.69) is 37.2 Å². The highest BCUT2D eigenvalue weighted by molar-refractivity contribution is 5.98. The smallest absolute Gasteiger partial charge is 0.263 e. The van der Waals surface area contributed by atoms with Crippen molar-refractivity contribution in [3.8, 4) is 17.0 Å². The summed E-state index contributed by atoms with van der Waals surface area (Å²) in [5.74, 6) is 1.79. The Labute approximate surface area is 205 Å². The summed E-state index contributed by atoms with van der Waals surface area (Å²) in [7, 11) is 1.64. The van der Waals surface area contributed by atoms with Crippen molar-refractivity contribution in [1.29, 1.82) is 0 Å². The van der Waals surface area contributed by atoms with Crippen LogP contribution in [0.4, 0.5) is 5.82 Å². The van der Waals surface area contributed by atoms with Crippen LogP contribution in [-0.2, 0) is 4.79 Å². The molecule has 9 nitrogen and oxygen atoms in total. The predicted molar refractivity (Wildman–Crippen MR) is 134 cm³/mol. The van der Waals surface area contributed by atoms with Crippen molar-refractivity contribution >= 4 is 22.8 Å². The zero-order valence-electron chi connectivity index (χ0n) is 20.6. The number of carbonyl (C=O) groups is 1. The standard InChI is InChI=1S/C26H34N6O3/c1-18-5-3-4-13-31(18)16-12-27-25(33)20-10-14-32(15-11-20)24-22-23(30-35-26(22)29-17-28-24)19-6-8-21(34-2)9-7-19/h6-9,17-18,20H,3-5,10-16H2,1-2H3,(H,27,33)/t18-/m1/s1. The summed E-state index contributed by atoms with van der Waals surface area (Å²) in [6, 6.07) is 8.32. The number of aromatic nitrogens is 3. The first-order valence-corrected chi connectivity index (χ1v) is 12.7. The molecular formula is C26H34N6O3. The third-order valence-electron chi connectivity index (χ3n) is 7.42. The van der Waals surface area contributed by atoms with Gasteiger partial charge in [-0.2, -0.15) is 4.98 Å². The highest BCUT2D eigenvalue weighted by atomic mass is 16.5. The molecule has 186 valence electrons. The minimum absolute atomic E-state index is 0.0332. The van der Waals surface area contributed by atoms with Gasteiger partial charge in [-0.25, -0.2) is 4.98 Å². The van der Waals surface area contributed by atoms with Gasteiger partial charge in [0.15, 0.2) is 0 Å². The molecule has 3 aromatic rings. The molecule has 2 fully saturated rings. The Hall–Kier alpha value is -3.20. The van der Waals surface area contributed by atoms with Crippen LogP contribution >= 0.6 is 0 Å². The third kappa shape index (κ3) is 5.10. The van der Waals surface area contributed by atoms with E-state index in [1.807, 2.05) is 24.3 Å². The molecular weight excluding hydrogens is 444 g/mol. The van der Waals surface area contributed by atoms with Gasteiger partial charge in [0, 0.05) is 43.7 Å². The summed E-state index contributed by atoms with van der Waals surface area (Å²) < 4.78 is 10.8. The molecule has 0 bridgehead atoms. The third-order valence-corrected chi connectivity index (χ3v) is 7.42. The molecule has 9 heteroatoms. The lowest BCUT2D eigenvalue weighted by Gasteiger charge is -2.34. The van der Waals surface area contributed by atoms with Gasteiger partial charge in [0.25, 0.3) is 5.71 Å². The normalized spacial score (nSPS) is 19.7. The second kappa shape index (κ2) is 10.6. The van der Waals surface area contributed by atoms with Gasteiger partial charge in [-0.15, -0.1) is 0 Å². The average Bonchev–Trinajstić information content (AvgIpc) is 3.34. The fourth-order valence-electron chi connectivity index (χ4n) is 5.27. The number of methoxy groups -OCH3 is 1. The molecule has 1 atom stereocenters. The van der Waals surface area contributed by atoms with Crippen molar-refractivity contribution in [2.45, 2.75) is 45.1 Å². The number of likely N-dealkylation sites (tertiary alicyclic amines) is 1. The van der Waals surface area contributed by atoms with E-state index in [9.17, 15) is 4.79 Å². The van der Waals surface area contributed by atoms with Crippen molar-refractivity contribution in [2.24, 2.45) is 5.92 Å². The van der Waals surface area contributed by atoms with Gasteiger partial charge < -0.3 is 19.5 Å². The lowest BCUT2D eigenvalue weighted by molar-refractivity contribution is -0.125. The average molecular weight is 479 g/mol. The number of amides is 1. The molecule has 5 rings (SSSR count). The van der Waals surface area contributed by atoms with Crippen molar-refractivity contribution in [3.05, 3.63) is 30.6 Å². The maximum Gasteiger partial charge on any atom is 0.263 e. The zero-order valence-corrected chi connectivity index (χ0v) is 20.6. The number of hydrogen-bond acceptors (Lipinski definition) is 8. The summed E-state index contributed by atoms with van der Waals surface area (Å²) >= 11 is 0. The largest absolute Gasteiger partial charge is 0.497 e. The minimum atomic E-state index is 0.0332. The molecule has 0 saturated carbocycles. The van der Waals surface area contributed by atoms with Gasteiger partial charge in [0.1, 0.15) is 29.0 Å². The number of carbonyl (C=O) groups excluding carboxylic acids is 1. The second-order valence-corrected chi connectivity index (χ2v) is 9.57. The van der Waals surface area contributed by atoms with Gasteiger partial charge in [0.05, 0.1) is 7.11 Å². The highest BCUT2D eigenvalue weighted by Crippen LogP contribution is 2.35. The van der Waals surface area contributed by atoms with E-state index in [1.165, 1.54) is 25.6 Å². The maximum absolute atomic E-state index is 12.8. The molecule has 0 spiro atoms. The number of rotatable bonds is 7. The van der Waals surface area contributed by atoms with Crippen molar-refractivity contribution in [2.75, 3.05) is 44.7 Å². The summed E-state index contributed by atoms with van der Waals surface area (Å²) in [6.45, 7) is 6.59. The number of ether oxygens (including phenoxy) is 1. The van der Waals surface area contributed by atoms with Crippen LogP contribution in [0.3, 0.4) is 0 Å². The van der Waals surface area contributed by atoms with Crippen LogP contribution in [0.1, 0.15) is 39.0 Å². The first-order valence-electron chi connectivity index (χ1n) is 12.7. The molecule has 2 aromatic heterocycles. The van der Waals surface area contributed by atoms with Crippen molar-refractivity contribution in [3.63, 3.8) is 0 Å². The molecule has 1 N–H and O–H groups in total. The van der Waals surface area contributed by atoms with Crippen LogP contribution in [0.15, 0.2) is 35.1 Å². The quantitative estimate of drug-likeness (QED) is 0.551. The molecule has 35 heavy (non-hydrogen) atoms. The molecule has 4 heterocycles. The molecule has 0 unspecified atom stereocenters. The number of benzene rings is 1. The highest BCUT2D eigenvalue weighted by Gasteiger charge is 2.28. The summed E-state index contributed by atoms with van der Waals surface area (Å²) in [4.78, 5) is 26.4. The van der Waals surface area contributed by atoms with Gasteiger partial charge in [-0.3, -0.25) is 9.69 Å². The van der Waals surface area contributed by atoms with E-state index in [0.717, 1.165) is 68.1 Å². The number of fused-ring (bicyclic) bond motifs is 1. The predicted octanol–water partition coefficient (Wildman–Crippen LogP) is 3.50. The molecule has 0 aliphatic carbocycles. The van der Waals surface area contributed by atoms with E-state index in [1.54, 1.807) is 7.11 Å². The Balaban J connectivity index is 1.22. The first-order chi connectivity index (χ1) is 17.1. The topological polar surface area (TPSA) is 96.6 Å². The fourth-order valence-corrected chi connectivity index (χ4v) is 5.27. The van der Waals surface area contributed by atoms with Crippen LogP contribution in [0.5, 0.6) is 5.75 Å². The van der Waals surface area contributed by atoms with Gasteiger partial charge in [0.2, 0.25) is 5.91 Å². The first kappa shape index (κ1) is 23.5. The SMILES string of the molecule is COc1ccc(-c2noc3ncnc(N4CCC(C(=O)NCCN5CCCC[C@H]5C)CC4)c23)cc1. The van der Waals surface area contributed by atoms with E-state index in [-0.39, 0.29) is 11.8 Å². The summed E-state index contributed by atoms with van der Waals surface area (Å²) in [5.41, 5.74) is 2.09. The van der Waals surface area contributed by atoms with E-state index < -0.39 is 0 Å². The zero-order chi connectivity index (χ0) is 24.2. The van der Waals surface area contributed by atoms with Crippen molar-refractivity contribution < 1.29 is 14.1 Å². The van der Waals surface area contributed by atoms with Crippen LogP contribution in [-0.4, -0.2) is 71.8 Å². The van der Waals surface area contributed by atoms with Crippen LogP contribution in [0.25, 0.3) is 22.4 Å². The molecule has 2 aliphatic heterocycles. The Morgan fingerprint density at radius 2 is 1.91 bits per heavy atom.